The van der Waals surface area contributed by atoms with Gasteiger partial charge in [0.25, 0.3) is 0 Å². The second-order valence-corrected chi connectivity index (χ2v) is 6.75. The second-order valence-electron chi connectivity index (χ2n) is 5.98. The molecule has 22 heavy (non-hydrogen) atoms. The first-order valence-corrected chi connectivity index (χ1v) is 8.14. The predicted octanol–water partition coefficient (Wildman–Crippen LogP) is -0.0712. The first-order valence-electron chi connectivity index (χ1n) is 6.92. The molecule has 8 nitrogen and oxygen atoms in total. The second kappa shape index (κ2) is 5.05. The SMILES string of the molecule is CSc1nc(N)c2ncn([C@]3(O)CC[C@](C)(CO)[C@@H]3O)c2n1. The lowest BCUT2D eigenvalue weighted by Crippen LogP contribution is -2.47. The molecule has 0 bridgehead atoms. The Labute approximate surface area is 131 Å². The van der Waals surface area contributed by atoms with Crippen molar-refractivity contribution in [2.75, 3.05) is 18.6 Å². The maximum Gasteiger partial charge on any atom is 0.191 e. The number of aliphatic hydroxyl groups excluding tert-OH is 2. The molecule has 1 aliphatic carbocycles. The average molecular weight is 325 g/mol. The Balaban J connectivity index is 2.16. The molecule has 0 aliphatic heterocycles. The van der Waals surface area contributed by atoms with Crippen molar-refractivity contribution in [2.45, 2.75) is 36.8 Å². The van der Waals surface area contributed by atoms with Crippen molar-refractivity contribution in [3.63, 3.8) is 0 Å². The number of hydrogen-bond donors (Lipinski definition) is 4. The van der Waals surface area contributed by atoms with Crippen molar-refractivity contribution in [3.8, 4) is 0 Å². The Morgan fingerprint density at radius 2 is 2.18 bits per heavy atom. The summed E-state index contributed by atoms with van der Waals surface area (Å²) in [5.41, 5.74) is 4.29. The van der Waals surface area contributed by atoms with Crippen LogP contribution in [0.3, 0.4) is 0 Å². The summed E-state index contributed by atoms with van der Waals surface area (Å²) in [6.07, 6.45) is 2.86. The Hall–Kier alpha value is -1.42. The summed E-state index contributed by atoms with van der Waals surface area (Å²) in [7, 11) is 0. The van der Waals surface area contributed by atoms with E-state index in [0.29, 0.717) is 22.7 Å². The topological polar surface area (TPSA) is 130 Å². The third-order valence-corrected chi connectivity index (χ3v) is 5.07. The van der Waals surface area contributed by atoms with Gasteiger partial charge in [-0.05, 0) is 19.1 Å². The fourth-order valence-corrected chi connectivity index (χ4v) is 3.36. The van der Waals surface area contributed by atoms with Gasteiger partial charge in [0.15, 0.2) is 22.3 Å². The van der Waals surface area contributed by atoms with E-state index in [9.17, 15) is 15.3 Å². The lowest BCUT2D eigenvalue weighted by molar-refractivity contribution is -0.146. The fraction of sp³-hybridized carbons (Fsp3) is 0.615. The number of rotatable bonds is 3. The predicted molar refractivity (Wildman–Crippen MR) is 82.1 cm³/mol. The number of nitrogens with zero attached hydrogens (tertiary/aromatic N) is 4. The summed E-state index contributed by atoms with van der Waals surface area (Å²) in [5.74, 6) is 0.231. The molecule has 0 aromatic carbocycles. The summed E-state index contributed by atoms with van der Waals surface area (Å²) >= 11 is 1.33. The van der Waals surface area contributed by atoms with Crippen molar-refractivity contribution in [1.82, 2.24) is 19.5 Å². The van der Waals surface area contributed by atoms with Gasteiger partial charge in [0.05, 0.1) is 12.9 Å². The minimum atomic E-state index is -1.58. The van der Waals surface area contributed by atoms with Gasteiger partial charge in [-0.25, -0.2) is 15.0 Å². The van der Waals surface area contributed by atoms with Crippen molar-refractivity contribution in [3.05, 3.63) is 6.33 Å². The van der Waals surface area contributed by atoms with E-state index in [1.54, 1.807) is 6.92 Å². The summed E-state index contributed by atoms with van der Waals surface area (Å²) in [5, 5.41) is 31.5. The molecule has 0 unspecified atom stereocenters. The summed E-state index contributed by atoms with van der Waals surface area (Å²) in [6.45, 7) is 1.53. The van der Waals surface area contributed by atoms with Crippen molar-refractivity contribution >= 4 is 28.7 Å². The fourth-order valence-electron chi connectivity index (χ4n) is 2.99. The van der Waals surface area contributed by atoms with Gasteiger partial charge in [-0.2, -0.15) is 0 Å². The molecular formula is C13H19N5O3S. The molecule has 5 N–H and O–H groups in total. The first kappa shape index (κ1) is 15.5. The van der Waals surface area contributed by atoms with Crippen molar-refractivity contribution in [1.29, 1.82) is 0 Å². The maximum atomic E-state index is 11.0. The highest BCUT2D eigenvalue weighted by Gasteiger charge is 2.55. The van der Waals surface area contributed by atoms with Gasteiger partial charge in [-0.15, -0.1) is 0 Å². The van der Waals surface area contributed by atoms with E-state index in [1.165, 1.54) is 22.7 Å². The zero-order chi connectivity index (χ0) is 16.1. The molecule has 1 fully saturated rings. The quantitative estimate of drug-likeness (QED) is 0.456. The van der Waals surface area contributed by atoms with Crippen LogP contribution in [0.2, 0.25) is 0 Å². The summed E-state index contributed by atoms with van der Waals surface area (Å²) in [6, 6.07) is 0. The highest BCUT2D eigenvalue weighted by atomic mass is 32.2. The Morgan fingerprint density at radius 3 is 2.77 bits per heavy atom. The van der Waals surface area contributed by atoms with Crippen LogP contribution in [0.1, 0.15) is 19.8 Å². The molecule has 3 rings (SSSR count). The first-order chi connectivity index (χ1) is 10.4. The molecule has 2 aromatic rings. The van der Waals surface area contributed by atoms with Gasteiger partial charge in [-0.1, -0.05) is 18.7 Å². The van der Waals surface area contributed by atoms with Crippen LogP contribution >= 0.6 is 11.8 Å². The zero-order valence-electron chi connectivity index (χ0n) is 12.4. The Bertz CT molecular complexity index is 723. The number of aromatic nitrogens is 4. The molecule has 0 saturated heterocycles. The van der Waals surface area contributed by atoms with E-state index in [0.717, 1.165) is 0 Å². The minimum absolute atomic E-state index is 0.212. The largest absolute Gasteiger partial charge is 0.396 e. The van der Waals surface area contributed by atoms with Crippen LogP contribution in [0, 0.1) is 5.41 Å². The number of nitrogens with two attached hydrogens (primary N) is 1. The van der Waals surface area contributed by atoms with Gasteiger partial charge in [-0.3, -0.25) is 4.57 Å². The van der Waals surface area contributed by atoms with Gasteiger partial charge < -0.3 is 21.1 Å². The molecule has 0 amide bonds. The van der Waals surface area contributed by atoms with Crippen LogP contribution in [-0.2, 0) is 5.72 Å². The number of nitrogen functional groups attached to an aromatic ring is 1. The Morgan fingerprint density at radius 1 is 1.45 bits per heavy atom. The van der Waals surface area contributed by atoms with Crippen molar-refractivity contribution < 1.29 is 15.3 Å². The van der Waals surface area contributed by atoms with E-state index in [4.69, 9.17) is 5.73 Å². The molecule has 2 aromatic heterocycles. The number of thioether (sulfide) groups is 1. The average Bonchev–Trinajstić information content (AvgIpc) is 3.04. The van der Waals surface area contributed by atoms with Crippen LogP contribution in [0.4, 0.5) is 5.82 Å². The normalized spacial score (nSPS) is 32.0. The monoisotopic (exact) mass is 325 g/mol. The zero-order valence-corrected chi connectivity index (χ0v) is 13.2. The molecule has 0 radical (unpaired) electrons. The molecule has 2 heterocycles. The highest BCUT2D eigenvalue weighted by Crippen LogP contribution is 2.47. The lowest BCUT2D eigenvalue weighted by atomic mass is 9.86. The van der Waals surface area contributed by atoms with E-state index in [2.05, 4.69) is 15.0 Å². The highest BCUT2D eigenvalue weighted by molar-refractivity contribution is 7.98. The molecule has 9 heteroatoms. The third-order valence-electron chi connectivity index (χ3n) is 4.53. The number of fused-ring (bicyclic) bond motifs is 1. The number of hydrogen-bond acceptors (Lipinski definition) is 8. The summed E-state index contributed by atoms with van der Waals surface area (Å²) < 4.78 is 1.44. The van der Waals surface area contributed by atoms with Crippen LogP contribution in [0.15, 0.2) is 11.5 Å². The van der Waals surface area contributed by atoms with Crippen LogP contribution in [0.25, 0.3) is 11.2 Å². The number of anilines is 1. The molecule has 1 aliphatic rings. The van der Waals surface area contributed by atoms with Crippen LogP contribution in [0.5, 0.6) is 0 Å². The van der Waals surface area contributed by atoms with Crippen molar-refractivity contribution in [2.24, 2.45) is 5.41 Å². The molecule has 120 valence electrons. The van der Waals surface area contributed by atoms with E-state index >= 15 is 0 Å². The van der Waals surface area contributed by atoms with Gasteiger partial charge in [0.1, 0.15) is 11.6 Å². The maximum absolute atomic E-state index is 11.0. The van der Waals surface area contributed by atoms with E-state index in [1.807, 2.05) is 6.26 Å². The number of imidazole rings is 1. The van der Waals surface area contributed by atoms with Gasteiger partial charge in [0, 0.05) is 5.41 Å². The smallest absolute Gasteiger partial charge is 0.191 e. The third kappa shape index (κ3) is 2.00. The molecule has 1 saturated carbocycles. The number of aliphatic hydroxyl groups is 3. The van der Waals surface area contributed by atoms with Crippen LogP contribution in [-0.4, -0.2) is 53.8 Å². The van der Waals surface area contributed by atoms with Crippen LogP contribution < -0.4 is 5.73 Å². The summed E-state index contributed by atoms with van der Waals surface area (Å²) in [4.78, 5) is 12.6. The Kier molecular flexibility index (Phi) is 3.55. The lowest BCUT2D eigenvalue weighted by Gasteiger charge is -2.34. The van der Waals surface area contributed by atoms with E-state index < -0.39 is 17.2 Å². The van der Waals surface area contributed by atoms with Gasteiger partial charge >= 0.3 is 0 Å². The van der Waals surface area contributed by atoms with E-state index in [-0.39, 0.29) is 18.8 Å². The minimum Gasteiger partial charge on any atom is -0.396 e. The standard InChI is InChI=1S/C13H19N5O3S/c1-12(5-19)3-4-13(21,10(12)20)18-6-15-7-8(14)16-11(22-2)17-9(7)18/h6,10,19-21H,3-5H2,1-2H3,(H2,14,16,17)/t10-,12+,13-/m0/s1. The molecule has 0 spiro atoms. The molecular weight excluding hydrogens is 306 g/mol. The van der Waals surface area contributed by atoms with Gasteiger partial charge in [0.2, 0.25) is 0 Å². The molecule has 3 atom stereocenters.